The van der Waals surface area contributed by atoms with E-state index < -0.39 is 5.82 Å². The molecule has 0 aliphatic heterocycles. The average molecular weight is 412 g/mol. The maximum absolute atomic E-state index is 13.6. The highest BCUT2D eigenvalue weighted by molar-refractivity contribution is 5.92. The van der Waals surface area contributed by atoms with Gasteiger partial charge in [-0.2, -0.15) is 14.8 Å². The quantitative estimate of drug-likeness (QED) is 0.423. The molecular formula is C24H17FN4O2. The Morgan fingerprint density at radius 1 is 0.903 bits per heavy atom. The highest BCUT2D eigenvalue weighted by atomic mass is 19.1. The van der Waals surface area contributed by atoms with Gasteiger partial charge in [0.2, 0.25) is 5.82 Å². The highest BCUT2D eigenvalue weighted by Gasteiger charge is 2.19. The monoisotopic (exact) mass is 412 g/mol. The van der Waals surface area contributed by atoms with E-state index in [0.29, 0.717) is 27.7 Å². The Kier molecular flexibility index (Phi) is 4.43. The van der Waals surface area contributed by atoms with Crippen LogP contribution in [0.5, 0.6) is 0 Å². The number of hydrogen-bond acceptors (Lipinski definition) is 5. The van der Waals surface area contributed by atoms with Gasteiger partial charge >= 0.3 is 0 Å². The second-order valence-electron chi connectivity index (χ2n) is 7.31. The third-order valence-corrected chi connectivity index (χ3v) is 5.25. The molecule has 2 heterocycles. The van der Waals surface area contributed by atoms with Crippen LogP contribution >= 0.6 is 0 Å². The van der Waals surface area contributed by atoms with E-state index in [1.165, 1.54) is 16.8 Å². The number of halogens is 1. The minimum absolute atomic E-state index is 0.146. The van der Waals surface area contributed by atoms with Crippen LogP contribution in [-0.2, 0) is 0 Å². The number of hydrogen-bond donors (Lipinski definition) is 0. The molecule has 0 radical (unpaired) electrons. The van der Waals surface area contributed by atoms with Gasteiger partial charge in [-0.25, -0.2) is 4.39 Å². The fraction of sp³-hybridized carbons (Fsp3) is 0.0833. The van der Waals surface area contributed by atoms with E-state index in [9.17, 15) is 9.18 Å². The summed E-state index contributed by atoms with van der Waals surface area (Å²) < 4.78 is 20.4. The van der Waals surface area contributed by atoms with Crippen LogP contribution in [0.15, 0.2) is 76.0 Å². The Balaban J connectivity index is 1.73. The first-order valence-electron chi connectivity index (χ1n) is 9.71. The lowest BCUT2D eigenvalue weighted by atomic mass is 10.1. The van der Waals surface area contributed by atoms with Gasteiger partial charge in [0.05, 0.1) is 11.1 Å². The summed E-state index contributed by atoms with van der Waals surface area (Å²) in [4.78, 5) is 17.6. The van der Waals surface area contributed by atoms with Crippen LogP contribution in [-0.4, -0.2) is 19.9 Å². The van der Waals surface area contributed by atoms with E-state index >= 15 is 0 Å². The SMILES string of the molecule is Cc1ccc(-n2nc(-c3nc(-c4cccc(F)c4)no3)c3ccccc3c2=O)cc1C. The minimum atomic E-state index is -0.393. The third kappa shape index (κ3) is 3.30. The van der Waals surface area contributed by atoms with Crippen molar-refractivity contribution in [2.24, 2.45) is 0 Å². The van der Waals surface area contributed by atoms with Gasteiger partial charge in [-0.05, 0) is 55.3 Å². The van der Waals surface area contributed by atoms with E-state index in [1.54, 1.807) is 30.3 Å². The summed E-state index contributed by atoms with van der Waals surface area (Å²) in [5, 5.41) is 9.63. The number of nitrogens with zero attached hydrogens (tertiary/aromatic N) is 4. The average Bonchev–Trinajstić information content (AvgIpc) is 3.26. The molecule has 2 aromatic heterocycles. The highest BCUT2D eigenvalue weighted by Crippen LogP contribution is 2.27. The van der Waals surface area contributed by atoms with Crippen molar-refractivity contribution in [3.05, 3.63) is 94.0 Å². The molecule has 0 atom stereocenters. The van der Waals surface area contributed by atoms with Crippen LogP contribution in [0, 0.1) is 19.7 Å². The van der Waals surface area contributed by atoms with Gasteiger partial charge in [-0.1, -0.05) is 41.6 Å². The number of benzene rings is 3. The zero-order valence-corrected chi connectivity index (χ0v) is 16.8. The van der Waals surface area contributed by atoms with Crippen molar-refractivity contribution in [2.75, 3.05) is 0 Å². The normalized spacial score (nSPS) is 11.2. The Bertz CT molecular complexity index is 1500. The van der Waals surface area contributed by atoms with Gasteiger partial charge in [0, 0.05) is 10.9 Å². The van der Waals surface area contributed by atoms with Crippen LogP contribution in [0.25, 0.3) is 39.4 Å². The standard InChI is InChI=1S/C24H17FN4O2/c1-14-10-11-18(12-15(14)2)29-24(30)20-9-4-3-8-19(20)21(27-29)23-26-22(28-31-23)16-6-5-7-17(25)13-16/h3-13H,1-2H3. The molecule has 0 N–H and O–H groups in total. The summed E-state index contributed by atoms with van der Waals surface area (Å²) in [5.41, 5.74) is 3.43. The lowest BCUT2D eigenvalue weighted by Gasteiger charge is -2.10. The summed E-state index contributed by atoms with van der Waals surface area (Å²) >= 11 is 0. The molecule has 0 spiro atoms. The van der Waals surface area contributed by atoms with Crippen molar-refractivity contribution < 1.29 is 8.91 Å². The molecule has 31 heavy (non-hydrogen) atoms. The molecule has 7 heteroatoms. The number of fused-ring (bicyclic) bond motifs is 1. The molecule has 0 unspecified atom stereocenters. The summed E-state index contributed by atoms with van der Waals surface area (Å²) in [5.74, 6) is -0.00642. The largest absolute Gasteiger partial charge is 0.332 e. The molecule has 0 bridgehead atoms. The Morgan fingerprint density at radius 3 is 2.48 bits per heavy atom. The molecule has 5 aromatic rings. The molecule has 5 rings (SSSR count). The lowest BCUT2D eigenvalue weighted by molar-refractivity contribution is 0.430. The van der Waals surface area contributed by atoms with Gasteiger partial charge in [0.25, 0.3) is 11.4 Å². The molecule has 0 aliphatic rings. The van der Waals surface area contributed by atoms with Crippen LogP contribution < -0.4 is 5.56 Å². The molecule has 0 fully saturated rings. The van der Waals surface area contributed by atoms with Gasteiger partial charge in [0.1, 0.15) is 5.82 Å². The molecule has 6 nitrogen and oxygen atoms in total. The fourth-order valence-corrected chi connectivity index (χ4v) is 3.44. The van der Waals surface area contributed by atoms with Crippen molar-refractivity contribution in [1.29, 1.82) is 0 Å². The second-order valence-corrected chi connectivity index (χ2v) is 7.31. The lowest BCUT2D eigenvalue weighted by Crippen LogP contribution is -2.22. The Hall–Kier alpha value is -4.13. The topological polar surface area (TPSA) is 73.8 Å². The summed E-state index contributed by atoms with van der Waals surface area (Å²) in [6, 6.07) is 18.8. The molecule has 0 amide bonds. The number of rotatable bonds is 3. The smallest absolute Gasteiger partial charge is 0.279 e. The van der Waals surface area contributed by atoms with Crippen molar-refractivity contribution in [3.63, 3.8) is 0 Å². The number of aryl methyl sites for hydroxylation is 2. The second kappa shape index (κ2) is 7.28. The van der Waals surface area contributed by atoms with Crippen molar-refractivity contribution in [1.82, 2.24) is 19.9 Å². The molecule has 0 saturated carbocycles. The van der Waals surface area contributed by atoms with E-state index in [2.05, 4.69) is 15.2 Å². The van der Waals surface area contributed by atoms with Crippen molar-refractivity contribution >= 4 is 10.8 Å². The van der Waals surface area contributed by atoms with Gasteiger partial charge in [-0.15, -0.1) is 0 Å². The first kappa shape index (κ1) is 18.9. The third-order valence-electron chi connectivity index (χ3n) is 5.25. The predicted molar refractivity (Wildman–Crippen MR) is 116 cm³/mol. The van der Waals surface area contributed by atoms with E-state index in [-0.39, 0.29) is 17.3 Å². The zero-order chi connectivity index (χ0) is 21.5. The Labute approximate surface area is 176 Å². The fourth-order valence-electron chi connectivity index (χ4n) is 3.44. The first-order valence-corrected chi connectivity index (χ1v) is 9.71. The minimum Gasteiger partial charge on any atom is -0.332 e. The predicted octanol–water partition coefficient (Wildman–Crippen LogP) is 4.86. The zero-order valence-electron chi connectivity index (χ0n) is 16.8. The van der Waals surface area contributed by atoms with Crippen molar-refractivity contribution in [3.8, 4) is 28.7 Å². The van der Waals surface area contributed by atoms with Crippen LogP contribution in [0.4, 0.5) is 4.39 Å². The summed E-state index contributed by atoms with van der Waals surface area (Å²) in [6.45, 7) is 3.99. The molecule has 0 aliphatic carbocycles. The van der Waals surface area contributed by atoms with E-state index in [0.717, 1.165) is 11.1 Å². The van der Waals surface area contributed by atoms with Crippen LogP contribution in [0.2, 0.25) is 0 Å². The molecule has 152 valence electrons. The van der Waals surface area contributed by atoms with Crippen LogP contribution in [0.3, 0.4) is 0 Å². The van der Waals surface area contributed by atoms with E-state index in [1.807, 2.05) is 38.1 Å². The van der Waals surface area contributed by atoms with Crippen molar-refractivity contribution in [2.45, 2.75) is 13.8 Å². The maximum Gasteiger partial charge on any atom is 0.279 e. The summed E-state index contributed by atoms with van der Waals surface area (Å²) in [7, 11) is 0. The molecular weight excluding hydrogens is 395 g/mol. The van der Waals surface area contributed by atoms with Gasteiger partial charge in [-0.3, -0.25) is 4.79 Å². The maximum atomic E-state index is 13.6. The van der Waals surface area contributed by atoms with Gasteiger partial charge < -0.3 is 4.52 Å². The van der Waals surface area contributed by atoms with Gasteiger partial charge in [0.15, 0.2) is 5.69 Å². The first-order chi connectivity index (χ1) is 15.0. The molecule has 0 saturated heterocycles. The van der Waals surface area contributed by atoms with Crippen LogP contribution in [0.1, 0.15) is 11.1 Å². The molecule has 3 aromatic carbocycles. The Morgan fingerprint density at radius 2 is 1.71 bits per heavy atom. The van der Waals surface area contributed by atoms with E-state index in [4.69, 9.17) is 4.52 Å². The number of aromatic nitrogens is 4. The summed E-state index contributed by atoms with van der Waals surface area (Å²) in [6.07, 6.45) is 0.